The number of Topliss-reactive ketones (excluding diaryl/α,β-unsaturated/α-hetero) is 1. The number of amides is 1. The van der Waals surface area contributed by atoms with Gasteiger partial charge in [-0.15, -0.1) is 0 Å². The molecule has 0 atom stereocenters. The Morgan fingerprint density at radius 2 is 1.26 bits per heavy atom. The Morgan fingerprint density at radius 3 is 1.88 bits per heavy atom. The number of hydrogen-bond acceptors (Lipinski definition) is 6. The van der Waals surface area contributed by atoms with Gasteiger partial charge in [-0.1, -0.05) is 56.3 Å². The molecule has 7 nitrogen and oxygen atoms in total. The first-order valence-electron chi connectivity index (χ1n) is 13.8. The largest absolute Gasteiger partial charge is 0.497 e. The van der Waals surface area contributed by atoms with Crippen molar-refractivity contribution in [2.75, 3.05) is 19.0 Å². The molecule has 0 bridgehead atoms. The molecular weight excluding hydrogens is 530 g/mol. The van der Waals surface area contributed by atoms with Crippen molar-refractivity contribution in [3.8, 4) is 17.2 Å². The maximum atomic E-state index is 12.3. The molecule has 42 heavy (non-hydrogen) atoms. The zero-order chi connectivity index (χ0) is 30.0. The lowest BCUT2D eigenvalue weighted by Gasteiger charge is -2.26. The van der Waals surface area contributed by atoms with Crippen LogP contribution in [0.1, 0.15) is 54.6 Å². The Labute approximate surface area is 246 Å². The molecule has 0 radical (unpaired) electrons. The number of ketones is 1. The fraction of sp³-hybridized carbons (Fsp3) is 0.229. The molecule has 1 amide bonds. The van der Waals surface area contributed by atoms with E-state index in [0.29, 0.717) is 29.2 Å². The molecule has 0 unspecified atom stereocenters. The van der Waals surface area contributed by atoms with Crippen LogP contribution in [0.4, 0.5) is 5.69 Å². The van der Waals surface area contributed by atoms with Gasteiger partial charge < -0.3 is 19.5 Å². The van der Waals surface area contributed by atoms with Gasteiger partial charge in [0.25, 0.3) is 0 Å². The summed E-state index contributed by atoms with van der Waals surface area (Å²) < 4.78 is 16.1. The third-order valence-electron chi connectivity index (χ3n) is 7.01. The maximum Gasteiger partial charge on any atom is 0.306 e. The Morgan fingerprint density at radius 1 is 0.690 bits per heavy atom. The van der Waals surface area contributed by atoms with Crippen molar-refractivity contribution in [1.29, 1.82) is 0 Å². The number of methoxy groups -OCH3 is 1. The van der Waals surface area contributed by atoms with Crippen LogP contribution in [0, 0.1) is 0 Å². The number of nitrogens with one attached hydrogen (secondary N) is 1. The van der Waals surface area contributed by atoms with Crippen molar-refractivity contribution in [3.05, 3.63) is 120 Å². The third-order valence-corrected chi connectivity index (χ3v) is 7.01. The second-order valence-corrected chi connectivity index (χ2v) is 10.4. The van der Waals surface area contributed by atoms with Crippen LogP contribution in [0.3, 0.4) is 0 Å². The number of carbonyl (C=O) groups is 3. The number of esters is 1. The molecule has 4 rings (SSSR count). The zero-order valence-electron chi connectivity index (χ0n) is 24.1. The van der Waals surface area contributed by atoms with Crippen molar-refractivity contribution in [1.82, 2.24) is 0 Å². The van der Waals surface area contributed by atoms with Crippen LogP contribution in [-0.2, 0) is 19.7 Å². The molecule has 0 fully saturated rings. The first-order chi connectivity index (χ1) is 20.2. The van der Waals surface area contributed by atoms with Gasteiger partial charge in [-0.25, -0.2) is 0 Å². The monoisotopic (exact) mass is 565 g/mol. The van der Waals surface area contributed by atoms with Gasteiger partial charge in [0.1, 0.15) is 17.2 Å². The molecule has 0 aromatic heterocycles. The Bertz CT molecular complexity index is 1480. The highest BCUT2D eigenvalue weighted by Gasteiger charge is 2.22. The molecule has 0 spiro atoms. The smallest absolute Gasteiger partial charge is 0.306 e. The fourth-order valence-electron chi connectivity index (χ4n) is 4.40. The predicted octanol–water partition coefficient (Wildman–Crippen LogP) is 7.35. The SMILES string of the molecule is COc1ccc(C(=O)COC(=O)CCCC(=O)Nc2ccc(Oc3ccc(C(C)(C)c4ccccc4)cc3)cc2)cc1. The first-order valence-corrected chi connectivity index (χ1v) is 13.8. The minimum absolute atomic E-state index is 0.0391. The summed E-state index contributed by atoms with van der Waals surface area (Å²) in [6.45, 7) is 4.05. The molecule has 1 N–H and O–H groups in total. The summed E-state index contributed by atoms with van der Waals surface area (Å²) in [4.78, 5) is 36.5. The highest BCUT2D eigenvalue weighted by Crippen LogP contribution is 2.33. The fourth-order valence-corrected chi connectivity index (χ4v) is 4.40. The molecular formula is C35H35NO6. The zero-order valence-corrected chi connectivity index (χ0v) is 24.1. The number of carbonyl (C=O) groups excluding carboxylic acids is 3. The standard InChI is InChI=1S/C35H35NO6/c1-35(2,26-8-5-4-6-9-26)27-14-20-30(21-15-27)42-31-22-16-28(17-23-31)36-33(38)10-7-11-34(39)41-24-32(37)25-12-18-29(40-3)19-13-25/h4-6,8-9,12-23H,7,10-11,24H2,1-3H3,(H,36,38). The minimum Gasteiger partial charge on any atom is -0.497 e. The van der Waals surface area contributed by atoms with Crippen LogP contribution in [-0.4, -0.2) is 31.4 Å². The van der Waals surface area contributed by atoms with Crippen LogP contribution in [0.5, 0.6) is 17.2 Å². The average molecular weight is 566 g/mol. The molecule has 216 valence electrons. The summed E-state index contributed by atoms with van der Waals surface area (Å²) in [5.41, 5.74) is 3.36. The normalized spacial score (nSPS) is 10.9. The van der Waals surface area contributed by atoms with E-state index < -0.39 is 5.97 Å². The summed E-state index contributed by atoms with van der Waals surface area (Å²) in [5.74, 6) is 0.952. The van der Waals surface area contributed by atoms with Gasteiger partial charge in [0.2, 0.25) is 5.91 Å². The number of benzene rings is 4. The first kappa shape index (κ1) is 30.1. The molecule has 4 aromatic rings. The Balaban J connectivity index is 1.17. The van der Waals surface area contributed by atoms with E-state index >= 15 is 0 Å². The highest BCUT2D eigenvalue weighted by molar-refractivity contribution is 5.98. The van der Waals surface area contributed by atoms with Gasteiger partial charge in [-0.05, 0) is 78.2 Å². The van der Waals surface area contributed by atoms with E-state index in [-0.39, 0.29) is 36.6 Å². The molecule has 0 saturated heterocycles. The molecule has 0 saturated carbocycles. The topological polar surface area (TPSA) is 90.9 Å². The average Bonchev–Trinajstić information content (AvgIpc) is 3.01. The van der Waals surface area contributed by atoms with Crippen molar-refractivity contribution in [2.24, 2.45) is 0 Å². The molecule has 0 aliphatic carbocycles. The molecule has 7 heteroatoms. The number of rotatable bonds is 13. The second-order valence-electron chi connectivity index (χ2n) is 10.4. The van der Waals surface area contributed by atoms with Crippen LogP contribution in [0.15, 0.2) is 103 Å². The predicted molar refractivity (Wildman–Crippen MR) is 162 cm³/mol. The summed E-state index contributed by atoms with van der Waals surface area (Å²) in [7, 11) is 1.54. The van der Waals surface area contributed by atoms with E-state index in [2.05, 4.69) is 43.4 Å². The Kier molecular flexibility index (Phi) is 10.1. The van der Waals surface area contributed by atoms with E-state index in [1.54, 1.807) is 55.6 Å². The summed E-state index contributed by atoms with van der Waals surface area (Å²) in [6.07, 6.45) is 0.489. The molecule has 0 aliphatic rings. The van der Waals surface area contributed by atoms with Crippen molar-refractivity contribution >= 4 is 23.3 Å². The summed E-state index contributed by atoms with van der Waals surface area (Å²) >= 11 is 0. The number of ether oxygens (including phenoxy) is 3. The lowest BCUT2D eigenvalue weighted by Crippen LogP contribution is -2.18. The number of hydrogen-bond donors (Lipinski definition) is 1. The maximum absolute atomic E-state index is 12.3. The van der Waals surface area contributed by atoms with E-state index in [1.807, 2.05) is 30.3 Å². The second kappa shape index (κ2) is 14.1. The van der Waals surface area contributed by atoms with Crippen molar-refractivity contribution in [2.45, 2.75) is 38.5 Å². The van der Waals surface area contributed by atoms with Gasteiger partial charge >= 0.3 is 5.97 Å². The van der Waals surface area contributed by atoms with Crippen molar-refractivity contribution < 1.29 is 28.6 Å². The third kappa shape index (κ3) is 8.30. The van der Waals surface area contributed by atoms with Gasteiger partial charge in [-0.3, -0.25) is 14.4 Å². The van der Waals surface area contributed by atoms with Crippen LogP contribution >= 0.6 is 0 Å². The van der Waals surface area contributed by atoms with Crippen LogP contribution in [0.25, 0.3) is 0 Å². The van der Waals surface area contributed by atoms with E-state index in [4.69, 9.17) is 14.2 Å². The van der Waals surface area contributed by atoms with Gasteiger partial charge in [0.15, 0.2) is 12.4 Å². The number of anilines is 1. The highest BCUT2D eigenvalue weighted by atomic mass is 16.5. The van der Waals surface area contributed by atoms with Gasteiger partial charge in [0, 0.05) is 29.5 Å². The summed E-state index contributed by atoms with van der Waals surface area (Å²) in [6, 6.07) is 32.1. The van der Waals surface area contributed by atoms with Gasteiger partial charge in [0.05, 0.1) is 7.11 Å². The Hall–Kier alpha value is -4.91. The minimum atomic E-state index is -0.525. The van der Waals surface area contributed by atoms with Gasteiger partial charge in [-0.2, -0.15) is 0 Å². The van der Waals surface area contributed by atoms with Crippen LogP contribution < -0.4 is 14.8 Å². The molecule has 4 aromatic carbocycles. The lowest BCUT2D eigenvalue weighted by molar-refractivity contribution is -0.142. The van der Waals surface area contributed by atoms with Crippen molar-refractivity contribution in [3.63, 3.8) is 0 Å². The van der Waals surface area contributed by atoms with E-state index in [9.17, 15) is 14.4 Å². The molecule has 0 heterocycles. The van der Waals surface area contributed by atoms with E-state index in [1.165, 1.54) is 11.1 Å². The lowest BCUT2D eigenvalue weighted by atomic mass is 9.78. The summed E-state index contributed by atoms with van der Waals surface area (Å²) in [5, 5.41) is 2.82. The quantitative estimate of drug-likeness (QED) is 0.135. The molecule has 0 aliphatic heterocycles. The van der Waals surface area contributed by atoms with E-state index in [0.717, 1.165) is 5.75 Å². The van der Waals surface area contributed by atoms with Crippen LogP contribution in [0.2, 0.25) is 0 Å².